The first kappa shape index (κ1) is 21.1. The molecule has 0 aliphatic rings. The van der Waals surface area contributed by atoms with Crippen molar-refractivity contribution in [3.8, 4) is 17.2 Å². The molecule has 0 heterocycles. The molecule has 0 aliphatic carbocycles. The summed E-state index contributed by atoms with van der Waals surface area (Å²) in [5, 5.41) is 11.7. The molecule has 1 atom stereocenters. The van der Waals surface area contributed by atoms with Gasteiger partial charge < -0.3 is 24.6 Å². The number of aliphatic carboxylic acids is 1. The van der Waals surface area contributed by atoms with Crippen molar-refractivity contribution in [2.24, 2.45) is 0 Å². The summed E-state index contributed by atoms with van der Waals surface area (Å²) >= 11 is 0. The van der Waals surface area contributed by atoms with Crippen molar-refractivity contribution in [2.75, 3.05) is 20.8 Å². The smallest absolute Gasteiger partial charge is 0.303 e. The van der Waals surface area contributed by atoms with E-state index in [1.807, 2.05) is 37.3 Å². The molecular weight excluding hydrogens is 362 g/mol. The highest BCUT2D eigenvalue weighted by Crippen LogP contribution is 2.33. The molecule has 0 bridgehead atoms. The van der Waals surface area contributed by atoms with Crippen LogP contribution in [0.25, 0.3) is 0 Å². The maximum absolute atomic E-state index is 12.3. The van der Waals surface area contributed by atoms with Crippen LogP contribution in [-0.2, 0) is 9.59 Å². The zero-order valence-electron chi connectivity index (χ0n) is 16.2. The van der Waals surface area contributed by atoms with Crippen molar-refractivity contribution in [2.45, 2.75) is 25.8 Å². The topological polar surface area (TPSA) is 94.1 Å². The minimum Gasteiger partial charge on any atom is -0.497 e. The summed E-state index contributed by atoms with van der Waals surface area (Å²) < 4.78 is 16.2. The summed E-state index contributed by atoms with van der Waals surface area (Å²) in [6.07, 6.45) is -0.344. The van der Waals surface area contributed by atoms with Gasteiger partial charge in [-0.1, -0.05) is 12.1 Å². The van der Waals surface area contributed by atoms with Gasteiger partial charge in [-0.25, -0.2) is 0 Å². The third-order valence-electron chi connectivity index (χ3n) is 4.15. The summed E-state index contributed by atoms with van der Waals surface area (Å²) in [5.74, 6) is 0.526. The minimum absolute atomic E-state index is 0.110. The molecule has 2 N–H and O–H groups in total. The van der Waals surface area contributed by atoms with Crippen LogP contribution in [0.5, 0.6) is 17.2 Å². The van der Waals surface area contributed by atoms with Crippen LogP contribution in [0.2, 0.25) is 0 Å². The van der Waals surface area contributed by atoms with E-state index in [9.17, 15) is 9.59 Å². The minimum atomic E-state index is -1.02. The number of hydrogen-bond acceptors (Lipinski definition) is 5. The van der Waals surface area contributed by atoms with E-state index < -0.39 is 12.0 Å². The maximum atomic E-state index is 12.3. The van der Waals surface area contributed by atoms with E-state index in [0.717, 1.165) is 16.9 Å². The second kappa shape index (κ2) is 10.2. The number of benzene rings is 2. The first-order chi connectivity index (χ1) is 13.5. The van der Waals surface area contributed by atoms with E-state index in [0.29, 0.717) is 18.1 Å². The van der Waals surface area contributed by atoms with E-state index in [1.54, 1.807) is 26.4 Å². The van der Waals surface area contributed by atoms with Crippen LogP contribution < -0.4 is 19.5 Å². The van der Waals surface area contributed by atoms with Gasteiger partial charge in [-0.15, -0.1) is 0 Å². The molecule has 0 saturated heterocycles. The van der Waals surface area contributed by atoms with Gasteiger partial charge in [0.2, 0.25) is 5.91 Å². The number of ether oxygens (including phenoxy) is 3. The Labute approximate surface area is 164 Å². The second-order valence-electron chi connectivity index (χ2n) is 6.00. The Morgan fingerprint density at radius 3 is 2.25 bits per heavy atom. The fourth-order valence-corrected chi connectivity index (χ4v) is 2.77. The Hall–Kier alpha value is -3.22. The van der Waals surface area contributed by atoms with Gasteiger partial charge in [-0.2, -0.15) is 0 Å². The number of carboxylic acids is 1. The van der Waals surface area contributed by atoms with Crippen LogP contribution in [0, 0.1) is 0 Å². The fraction of sp³-hybridized carbons (Fsp3) is 0.333. The summed E-state index contributed by atoms with van der Waals surface area (Å²) in [6, 6.07) is 12.2. The van der Waals surface area contributed by atoms with Gasteiger partial charge in [0.25, 0.3) is 0 Å². The molecule has 0 aromatic heterocycles. The molecular formula is C21H25NO6. The van der Waals surface area contributed by atoms with Gasteiger partial charge in [-0.3, -0.25) is 9.59 Å². The van der Waals surface area contributed by atoms with Crippen molar-refractivity contribution in [3.05, 3.63) is 53.6 Å². The second-order valence-corrected chi connectivity index (χ2v) is 6.00. The van der Waals surface area contributed by atoms with E-state index in [2.05, 4.69) is 5.32 Å². The predicted octanol–water partition coefficient (Wildman–Crippen LogP) is 3.17. The lowest BCUT2D eigenvalue weighted by Gasteiger charge is -2.22. The highest BCUT2D eigenvalue weighted by atomic mass is 16.5. The number of amides is 1. The average Bonchev–Trinajstić information content (AvgIpc) is 2.71. The lowest BCUT2D eigenvalue weighted by Crippen LogP contribution is -2.29. The van der Waals surface area contributed by atoms with Crippen LogP contribution in [0.4, 0.5) is 0 Å². The lowest BCUT2D eigenvalue weighted by molar-refractivity contribution is -0.138. The Morgan fingerprint density at radius 1 is 1.00 bits per heavy atom. The SMILES string of the molecule is CCOc1ccc(C(NC(=O)CCC(=O)O)c2ccc(OC)cc2OC)cc1. The van der Waals surface area contributed by atoms with Crippen molar-refractivity contribution in [1.82, 2.24) is 5.32 Å². The third-order valence-corrected chi connectivity index (χ3v) is 4.15. The van der Waals surface area contributed by atoms with Crippen LogP contribution in [-0.4, -0.2) is 37.8 Å². The third kappa shape index (κ3) is 5.64. The molecule has 2 aromatic rings. The van der Waals surface area contributed by atoms with Gasteiger partial charge >= 0.3 is 5.97 Å². The number of carbonyl (C=O) groups is 2. The highest BCUT2D eigenvalue weighted by molar-refractivity contribution is 5.81. The summed E-state index contributed by atoms with van der Waals surface area (Å²) in [6.45, 7) is 2.46. The molecule has 1 unspecified atom stereocenters. The van der Waals surface area contributed by atoms with Gasteiger partial charge in [0.1, 0.15) is 17.2 Å². The van der Waals surface area contributed by atoms with Crippen molar-refractivity contribution in [3.63, 3.8) is 0 Å². The monoisotopic (exact) mass is 387 g/mol. The zero-order valence-corrected chi connectivity index (χ0v) is 16.2. The molecule has 150 valence electrons. The molecule has 2 aromatic carbocycles. The van der Waals surface area contributed by atoms with E-state index in [4.69, 9.17) is 19.3 Å². The lowest BCUT2D eigenvalue weighted by atomic mass is 9.97. The Morgan fingerprint density at radius 2 is 1.68 bits per heavy atom. The van der Waals surface area contributed by atoms with Gasteiger partial charge in [-0.05, 0) is 36.8 Å². The molecule has 0 spiro atoms. The van der Waals surface area contributed by atoms with E-state index >= 15 is 0 Å². The van der Waals surface area contributed by atoms with Gasteiger partial charge in [0, 0.05) is 18.1 Å². The summed E-state index contributed by atoms with van der Waals surface area (Å²) in [5.41, 5.74) is 1.55. The van der Waals surface area contributed by atoms with Crippen molar-refractivity contribution >= 4 is 11.9 Å². The predicted molar refractivity (Wildman–Crippen MR) is 104 cm³/mol. The quantitative estimate of drug-likeness (QED) is 0.650. The number of carboxylic acid groups (broad SMARTS) is 1. The van der Waals surface area contributed by atoms with Crippen LogP contribution in [0.1, 0.15) is 36.9 Å². The van der Waals surface area contributed by atoms with Crippen molar-refractivity contribution < 1.29 is 28.9 Å². The fourth-order valence-electron chi connectivity index (χ4n) is 2.77. The molecule has 0 radical (unpaired) electrons. The van der Waals surface area contributed by atoms with Gasteiger partial charge in [0.15, 0.2) is 0 Å². The molecule has 7 nitrogen and oxygen atoms in total. The molecule has 0 saturated carbocycles. The largest absolute Gasteiger partial charge is 0.497 e. The highest BCUT2D eigenvalue weighted by Gasteiger charge is 2.21. The first-order valence-corrected chi connectivity index (χ1v) is 8.94. The summed E-state index contributed by atoms with van der Waals surface area (Å²) in [7, 11) is 3.10. The molecule has 7 heteroatoms. The van der Waals surface area contributed by atoms with E-state index in [-0.39, 0.29) is 18.7 Å². The molecule has 1 amide bonds. The van der Waals surface area contributed by atoms with Crippen LogP contribution >= 0.6 is 0 Å². The van der Waals surface area contributed by atoms with Crippen molar-refractivity contribution in [1.29, 1.82) is 0 Å². The first-order valence-electron chi connectivity index (χ1n) is 8.94. The number of nitrogens with one attached hydrogen (secondary N) is 1. The Bertz CT molecular complexity index is 803. The number of methoxy groups -OCH3 is 2. The summed E-state index contributed by atoms with van der Waals surface area (Å²) in [4.78, 5) is 23.1. The number of rotatable bonds is 10. The normalized spacial score (nSPS) is 11.4. The standard InChI is InChI=1S/C21H25NO6/c1-4-28-15-7-5-14(6-8-15)21(22-19(23)11-12-20(24)25)17-10-9-16(26-2)13-18(17)27-3/h5-10,13,21H,4,11-12H2,1-3H3,(H,22,23)(H,24,25). The zero-order chi connectivity index (χ0) is 20.5. The van der Waals surface area contributed by atoms with Crippen LogP contribution in [0.15, 0.2) is 42.5 Å². The molecule has 2 rings (SSSR count). The average molecular weight is 387 g/mol. The molecule has 0 fully saturated rings. The van der Waals surface area contributed by atoms with E-state index in [1.165, 1.54) is 0 Å². The molecule has 28 heavy (non-hydrogen) atoms. The number of carbonyl (C=O) groups excluding carboxylic acids is 1. The Balaban J connectivity index is 2.38. The number of hydrogen-bond donors (Lipinski definition) is 2. The van der Waals surface area contributed by atoms with Crippen LogP contribution in [0.3, 0.4) is 0 Å². The van der Waals surface area contributed by atoms with Gasteiger partial charge in [0.05, 0.1) is 33.3 Å². The maximum Gasteiger partial charge on any atom is 0.303 e. The molecule has 0 aliphatic heterocycles. The Kier molecular flexibility index (Phi) is 7.68.